The van der Waals surface area contributed by atoms with Crippen molar-refractivity contribution in [1.29, 1.82) is 0 Å². The van der Waals surface area contributed by atoms with Gasteiger partial charge in [-0.25, -0.2) is 0 Å². The summed E-state index contributed by atoms with van der Waals surface area (Å²) in [6.45, 7) is -4.69. The summed E-state index contributed by atoms with van der Waals surface area (Å²) in [6.07, 6.45) is -1.17. The van der Waals surface area contributed by atoms with E-state index in [9.17, 15) is 5.11 Å². The lowest BCUT2D eigenvalue weighted by molar-refractivity contribution is 0.0575. The van der Waals surface area contributed by atoms with Gasteiger partial charge in [-0.2, -0.15) is 0 Å². The molecular weight excluding hydrogens is 216 g/mol. The number of hydrogen-bond donors (Lipinski definition) is 2. The third-order valence-corrected chi connectivity index (χ3v) is 2.63. The number of rotatable bonds is 4. The fraction of sp³-hybridized carbons (Fsp3) is 0.538. The van der Waals surface area contributed by atoms with E-state index in [1.807, 2.05) is 30.3 Å². The highest BCUT2D eigenvalue weighted by molar-refractivity contribution is 5.46. The van der Waals surface area contributed by atoms with Gasteiger partial charge in [-0.1, -0.05) is 18.2 Å². The van der Waals surface area contributed by atoms with E-state index in [0.717, 1.165) is 10.6 Å². The molecule has 2 rings (SSSR count). The van der Waals surface area contributed by atoms with Crippen LogP contribution in [0.2, 0.25) is 0 Å². The molecular formula is C13H20N2O2. The maximum atomic E-state index is 9.52. The Kier molecular flexibility index (Phi) is 2.85. The van der Waals surface area contributed by atoms with E-state index in [1.54, 1.807) is 4.90 Å². The molecule has 1 heterocycles. The molecule has 0 radical (unpaired) electrons. The molecule has 0 saturated carbocycles. The van der Waals surface area contributed by atoms with Crippen molar-refractivity contribution in [2.24, 2.45) is 0 Å². The van der Waals surface area contributed by atoms with Crippen LogP contribution in [0.25, 0.3) is 0 Å². The molecule has 0 amide bonds. The molecule has 1 unspecified atom stereocenters. The number of anilines is 1. The number of hydrogen-bond acceptors (Lipinski definition) is 4. The van der Waals surface area contributed by atoms with Crippen molar-refractivity contribution < 1.29 is 15.7 Å². The van der Waals surface area contributed by atoms with E-state index in [1.165, 1.54) is 0 Å². The fourth-order valence-corrected chi connectivity index (χ4v) is 1.67. The van der Waals surface area contributed by atoms with Crippen LogP contribution in [0.4, 0.5) is 5.69 Å². The average Bonchev–Trinajstić information content (AvgIpc) is 2.42. The van der Waals surface area contributed by atoms with Gasteiger partial charge in [0.05, 0.1) is 12.7 Å². The molecule has 1 saturated heterocycles. The normalized spacial score (nSPS) is 28.7. The molecule has 1 aliphatic heterocycles. The lowest BCUT2D eigenvalue weighted by Crippen LogP contribution is -2.49. The molecule has 0 bridgehead atoms. The Balaban J connectivity index is 2.23. The quantitative estimate of drug-likeness (QED) is 0.787. The first-order valence-corrected chi connectivity index (χ1v) is 5.63. The largest absolute Gasteiger partial charge is 0.394 e. The molecule has 94 valence electrons. The van der Waals surface area contributed by atoms with Gasteiger partial charge in [-0.15, -0.1) is 0 Å². The van der Waals surface area contributed by atoms with Crippen LogP contribution in [0.3, 0.4) is 0 Å². The highest BCUT2D eigenvalue weighted by Crippen LogP contribution is 2.15. The molecule has 1 atom stereocenters. The minimum absolute atomic E-state index is 0.00529. The van der Waals surface area contributed by atoms with Crippen LogP contribution in [-0.2, 0) is 0 Å². The standard InChI is InChI=1S/C13H20N2O2/c16-11-13(17)10-14-6-8-15(9-7-14)12-4-2-1-3-5-12/h1-5,13,16-17H,6-11H2/i6D2,7D2. The number of aliphatic hydroxyl groups excluding tert-OH is 2. The lowest BCUT2D eigenvalue weighted by Gasteiger charge is -2.36. The molecule has 1 fully saturated rings. The monoisotopic (exact) mass is 240 g/mol. The van der Waals surface area contributed by atoms with E-state index in [0.29, 0.717) is 0 Å². The van der Waals surface area contributed by atoms with Gasteiger partial charge < -0.3 is 15.1 Å². The maximum Gasteiger partial charge on any atom is 0.0897 e. The van der Waals surface area contributed by atoms with Gasteiger partial charge >= 0.3 is 0 Å². The van der Waals surface area contributed by atoms with Crippen LogP contribution in [-0.4, -0.2) is 60.5 Å². The molecule has 2 N–H and O–H groups in total. The summed E-state index contributed by atoms with van der Waals surface area (Å²) >= 11 is 0. The van der Waals surface area contributed by atoms with Crippen LogP contribution in [0, 0.1) is 0 Å². The number of benzene rings is 1. The molecule has 17 heavy (non-hydrogen) atoms. The first kappa shape index (κ1) is 8.08. The summed E-state index contributed by atoms with van der Waals surface area (Å²) in [5, 5.41) is 18.4. The zero-order valence-electron chi connectivity index (χ0n) is 13.6. The van der Waals surface area contributed by atoms with Crippen LogP contribution in [0.5, 0.6) is 0 Å². The molecule has 0 spiro atoms. The van der Waals surface area contributed by atoms with Crippen LogP contribution < -0.4 is 4.90 Å². The smallest absolute Gasteiger partial charge is 0.0897 e. The Hall–Kier alpha value is -1.10. The van der Waals surface area contributed by atoms with Crippen molar-refractivity contribution in [3.63, 3.8) is 0 Å². The molecule has 4 nitrogen and oxygen atoms in total. The SMILES string of the molecule is [2H]C1([2H])CN(c2ccccc2)CC([2H])([2H])N1CC(O)CO. The molecule has 1 aliphatic rings. The summed E-state index contributed by atoms with van der Waals surface area (Å²) in [5.41, 5.74) is 0.757. The molecule has 4 heteroatoms. The third-order valence-electron chi connectivity index (χ3n) is 2.63. The summed E-state index contributed by atoms with van der Waals surface area (Å²) in [6, 6.07) is 9.11. The summed E-state index contributed by atoms with van der Waals surface area (Å²) in [7, 11) is 0. The Bertz CT molecular complexity index is 454. The van der Waals surface area contributed by atoms with Gasteiger partial charge in [0.2, 0.25) is 0 Å². The lowest BCUT2D eigenvalue weighted by atomic mass is 10.2. The highest BCUT2D eigenvalue weighted by Gasteiger charge is 2.18. The number of para-hydroxylation sites is 1. The van der Waals surface area contributed by atoms with E-state index < -0.39 is 25.7 Å². The van der Waals surface area contributed by atoms with Crippen molar-refractivity contribution in [2.45, 2.75) is 6.10 Å². The second kappa shape index (κ2) is 6.00. The highest BCUT2D eigenvalue weighted by atomic mass is 16.3. The van der Waals surface area contributed by atoms with Crippen LogP contribution in [0.1, 0.15) is 5.48 Å². The molecule has 0 aliphatic carbocycles. The van der Waals surface area contributed by atoms with Crippen molar-refractivity contribution in [1.82, 2.24) is 4.90 Å². The summed E-state index contributed by atoms with van der Waals surface area (Å²) < 4.78 is 32.4. The topological polar surface area (TPSA) is 46.9 Å². The Morgan fingerprint density at radius 2 is 1.88 bits per heavy atom. The van der Waals surface area contributed by atoms with Crippen molar-refractivity contribution in [3.05, 3.63) is 30.3 Å². The Labute approximate surface area is 108 Å². The van der Waals surface area contributed by atoms with Crippen molar-refractivity contribution >= 4 is 5.69 Å². The minimum atomic E-state index is -1.95. The molecule has 0 aromatic heterocycles. The average molecular weight is 240 g/mol. The number of aliphatic hydroxyl groups is 2. The Morgan fingerprint density at radius 1 is 1.24 bits per heavy atom. The van der Waals surface area contributed by atoms with Gasteiger partial charge in [0, 0.05) is 43.8 Å². The fourth-order valence-electron chi connectivity index (χ4n) is 1.67. The van der Waals surface area contributed by atoms with Crippen molar-refractivity contribution in [2.75, 3.05) is 44.1 Å². The summed E-state index contributed by atoms with van der Waals surface area (Å²) in [5.74, 6) is 0. The zero-order valence-corrected chi connectivity index (χ0v) is 9.58. The van der Waals surface area contributed by atoms with Gasteiger partial charge in [-0.3, -0.25) is 4.90 Å². The Morgan fingerprint density at radius 3 is 2.47 bits per heavy atom. The van der Waals surface area contributed by atoms with E-state index in [4.69, 9.17) is 10.6 Å². The number of β-amino-alcohol motifs (C(OH)–C–C–N with tert-alkyl or cyclic N) is 1. The second-order valence-corrected chi connectivity index (χ2v) is 3.95. The van der Waals surface area contributed by atoms with E-state index >= 15 is 0 Å². The predicted octanol–water partition coefficient (Wildman–Crippen LogP) is 0.162. The van der Waals surface area contributed by atoms with Gasteiger partial charge in [0.1, 0.15) is 0 Å². The van der Waals surface area contributed by atoms with Crippen molar-refractivity contribution in [3.8, 4) is 0 Å². The van der Waals surface area contributed by atoms with Crippen LogP contribution >= 0.6 is 0 Å². The first-order valence-electron chi connectivity index (χ1n) is 7.63. The molecule has 1 aromatic rings. The second-order valence-electron chi connectivity index (χ2n) is 3.95. The van der Waals surface area contributed by atoms with Gasteiger partial charge in [0.25, 0.3) is 0 Å². The number of nitrogens with zero attached hydrogens (tertiary/aromatic N) is 2. The predicted molar refractivity (Wildman–Crippen MR) is 68.2 cm³/mol. The zero-order chi connectivity index (χ0) is 15.7. The maximum absolute atomic E-state index is 9.52. The van der Waals surface area contributed by atoms with Gasteiger partial charge in [-0.05, 0) is 12.1 Å². The van der Waals surface area contributed by atoms with E-state index in [2.05, 4.69) is 0 Å². The number of piperazine rings is 1. The van der Waals surface area contributed by atoms with Gasteiger partial charge in [0.15, 0.2) is 0 Å². The third kappa shape index (κ3) is 3.43. The molecule has 1 aromatic carbocycles. The first-order chi connectivity index (χ1) is 9.76. The summed E-state index contributed by atoms with van der Waals surface area (Å²) in [4.78, 5) is 2.64. The van der Waals surface area contributed by atoms with Crippen LogP contribution in [0.15, 0.2) is 30.3 Å². The van der Waals surface area contributed by atoms with E-state index in [-0.39, 0.29) is 19.6 Å². The minimum Gasteiger partial charge on any atom is -0.394 e.